The molecule has 1 fully saturated rings. The van der Waals surface area contributed by atoms with Crippen molar-refractivity contribution in [1.82, 2.24) is 15.8 Å². The molecule has 0 saturated carbocycles. The topological polar surface area (TPSA) is 134 Å². The van der Waals surface area contributed by atoms with Crippen molar-refractivity contribution in [2.24, 2.45) is 5.92 Å². The van der Waals surface area contributed by atoms with Gasteiger partial charge in [-0.3, -0.25) is 30.6 Å². The Labute approximate surface area is 172 Å². The molecule has 3 rings (SSSR count). The number of likely N-dealkylation sites (tertiary alicyclic amines) is 1. The number of para-hydroxylation sites is 1. The molecule has 10 heteroatoms. The molecule has 1 heterocycles. The number of nitro groups is 1. The second-order valence-electron chi connectivity index (χ2n) is 6.83. The number of nitrogens with zero attached hydrogens (tertiary/aromatic N) is 2. The number of piperidine rings is 1. The summed E-state index contributed by atoms with van der Waals surface area (Å²) in [4.78, 5) is 48.8. The van der Waals surface area contributed by atoms with Gasteiger partial charge in [0.15, 0.2) is 0 Å². The summed E-state index contributed by atoms with van der Waals surface area (Å²) in [5.74, 6) is -1.57. The standard InChI is InChI=1S/C20H21N5O5/c26-18(14-6-4-10-17(12-14)25(29)30)22-23-19(27)15-7-5-11-24(13-15)20(28)21-16-8-2-1-3-9-16/h1-4,6,8-10,12,15H,5,7,11,13H2,(H,21,28)(H,22,26)(H,23,27)/t15-/m0/s1. The molecule has 0 aliphatic carbocycles. The lowest BCUT2D eigenvalue weighted by Crippen LogP contribution is -2.50. The minimum Gasteiger partial charge on any atom is -0.324 e. The number of carbonyl (C=O) groups excluding carboxylic acids is 3. The van der Waals surface area contributed by atoms with Crippen LogP contribution in [0.5, 0.6) is 0 Å². The van der Waals surface area contributed by atoms with Crippen LogP contribution in [0.25, 0.3) is 0 Å². The number of nitro benzene ring substituents is 1. The average molecular weight is 411 g/mol. The third kappa shape index (κ3) is 5.31. The van der Waals surface area contributed by atoms with Crippen LogP contribution in [0.2, 0.25) is 0 Å². The van der Waals surface area contributed by atoms with Gasteiger partial charge in [0, 0.05) is 36.5 Å². The Morgan fingerprint density at radius 2 is 1.80 bits per heavy atom. The molecule has 0 aromatic heterocycles. The largest absolute Gasteiger partial charge is 0.324 e. The zero-order valence-corrected chi connectivity index (χ0v) is 16.0. The van der Waals surface area contributed by atoms with E-state index in [2.05, 4.69) is 16.2 Å². The number of hydrazine groups is 1. The fourth-order valence-corrected chi connectivity index (χ4v) is 3.15. The Morgan fingerprint density at radius 1 is 1.03 bits per heavy atom. The van der Waals surface area contributed by atoms with Gasteiger partial charge in [-0.25, -0.2) is 4.79 Å². The van der Waals surface area contributed by atoms with Gasteiger partial charge < -0.3 is 10.2 Å². The molecule has 156 valence electrons. The summed E-state index contributed by atoms with van der Waals surface area (Å²) in [5, 5.41) is 13.6. The Morgan fingerprint density at radius 3 is 2.53 bits per heavy atom. The van der Waals surface area contributed by atoms with Crippen molar-refractivity contribution >= 4 is 29.2 Å². The highest BCUT2D eigenvalue weighted by molar-refractivity contribution is 5.96. The van der Waals surface area contributed by atoms with Gasteiger partial charge >= 0.3 is 6.03 Å². The third-order valence-corrected chi connectivity index (χ3v) is 4.72. The van der Waals surface area contributed by atoms with E-state index >= 15 is 0 Å². The van der Waals surface area contributed by atoms with Crippen LogP contribution in [0, 0.1) is 16.0 Å². The van der Waals surface area contributed by atoms with Gasteiger partial charge in [-0.15, -0.1) is 0 Å². The third-order valence-electron chi connectivity index (χ3n) is 4.72. The van der Waals surface area contributed by atoms with E-state index < -0.39 is 22.7 Å². The molecular weight excluding hydrogens is 390 g/mol. The van der Waals surface area contributed by atoms with Gasteiger partial charge in [-0.05, 0) is 31.0 Å². The van der Waals surface area contributed by atoms with Crippen LogP contribution in [0.4, 0.5) is 16.2 Å². The first-order valence-electron chi connectivity index (χ1n) is 9.39. The maximum absolute atomic E-state index is 12.4. The molecular formula is C20H21N5O5. The molecule has 1 aliphatic heterocycles. The molecule has 0 unspecified atom stereocenters. The lowest BCUT2D eigenvalue weighted by Gasteiger charge is -2.32. The van der Waals surface area contributed by atoms with Crippen LogP contribution in [-0.2, 0) is 4.79 Å². The van der Waals surface area contributed by atoms with Gasteiger partial charge in [0.05, 0.1) is 10.8 Å². The molecule has 3 N–H and O–H groups in total. The van der Waals surface area contributed by atoms with Gasteiger partial charge in [0.1, 0.15) is 0 Å². The summed E-state index contributed by atoms with van der Waals surface area (Å²) in [7, 11) is 0. The first-order valence-corrected chi connectivity index (χ1v) is 9.39. The number of urea groups is 1. The number of nitrogens with one attached hydrogen (secondary N) is 3. The number of rotatable bonds is 4. The smallest absolute Gasteiger partial charge is 0.321 e. The van der Waals surface area contributed by atoms with E-state index in [1.54, 1.807) is 17.0 Å². The van der Waals surface area contributed by atoms with Crippen LogP contribution in [0.15, 0.2) is 54.6 Å². The molecule has 0 bridgehead atoms. The van der Waals surface area contributed by atoms with Gasteiger partial charge in [0.25, 0.3) is 11.6 Å². The van der Waals surface area contributed by atoms with E-state index in [1.807, 2.05) is 18.2 Å². The summed E-state index contributed by atoms with van der Waals surface area (Å²) < 4.78 is 0. The monoisotopic (exact) mass is 411 g/mol. The summed E-state index contributed by atoms with van der Waals surface area (Å²) in [5.41, 5.74) is 5.10. The molecule has 1 atom stereocenters. The summed E-state index contributed by atoms with van der Waals surface area (Å²) in [6.45, 7) is 0.750. The van der Waals surface area contributed by atoms with Crippen LogP contribution in [0.1, 0.15) is 23.2 Å². The van der Waals surface area contributed by atoms with E-state index in [1.165, 1.54) is 18.2 Å². The van der Waals surface area contributed by atoms with Crippen LogP contribution < -0.4 is 16.2 Å². The lowest BCUT2D eigenvalue weighted by atomic mass is 9.98. The Balaban J connectivity index is 1.52. The van der Waals surface area contributed by atoms with E-state index in [4.69, 9.17) is 0 Å². The maximum atomic E-state index is 12.4. The molecule has 2 aromatic carbocycles. The lowest BCUT2D eigenvalue weighted by molar-refractivity contribution is -0.384. The van der Waals surface area contributed by atoms with Crippen LogP contribution >= 0.6 is 0 Å². The summed E-state index contributed by atoms with van der Waals surface area (Å²) in [6, 6.07) is 13.9. The Kier molecular flexibility index (Phi) is 6.58. The van der Waals surface area contributed by atoms with Crippen molar-refractivity contribution in [2.45, 2.75) is 12.8 Å². The fourth-order valence-electron chi connectivity index (χ4n) is 3.15. The van der Waals surface area contributed by atoms with Gasteiger partial charge in [-0.2, -0.15) is 0 Å². The number of hydrogen-bond acceptors (Lipinski definition) is 5. The molecule has 4 amide bonds. The van der Waals surface area contributed by atoms with E-state index in [-0.39, 0.29) is 23.8 Å². The zero-order valence-electron chi connectivity index (χ0n) is 16.0. The first-order chi connectivity index (χ1) is 14.4. The van der Waals surface area contributed by atoms with Crippen LogP contribution in [-0.4, -0.2) is 40.8 Å². The highest BCUT2D eigenvalue weighted by atomic mass is 16.6. The molecule has 1 saturated heterocycles. The molecule has 1 aliphatic rings. The number of hydrogen-bond donors (Lipinski definition) is 3. The van der Waals surface area contributed by atoms with Crippen LogP contribution in [0.3, 0.4) is 0 Å². The Hall–Kier alpha value is -3.95. The van der Waals surface area contributed by atoms with Crippen molar-refractivity contribution in [3.05, 3.63) is 70.3 Å². The molecule has 0 spiro atoms. The van der Waals surface area contributed by atoms with Gasteiger partial charge in [-0.1, -0.05) is 24.3 Å². The maximum Gasteiger partial charge on any atom is 0.321 e. The van der Waals surface area contributed by atoms with Gasteiger partial charge in [0.2, 0.25) is 5.91 Å². The number of carbonyl (C=O) groups is 3. The summed E-state index contributed by atoms with van der Waals surface area (Å²) in [6.07, 6.45) is 1.23. The van der Waals surface area contributed by atoms with E-state index in [9.17, 15) is 24.5 Å². The van der Waals surface area contributed by atoms with E-state index in [0.717, 1.165) is 6.07 Å². The number of benzene rings is 2. The average Bonchev–Trinajstić information content (AvgIpc) is 2.78. The van der Waals surface area contributed by atoms with Crippen molar-refractivity contribution in [3.8, 4) is 0 Å². The van der Waals surface area contributed by atoms with Crippen molar-refractivity contribution < 1.29 is 19.3 Å². The van der Waals surface area contributed by atoms with Crippen molar-refractivity contribution in [1.29, 1.82) is 0 Å². The highest BCUT2D eigenvalue weighted by Crippen LogP contribution is 2.18. The van der Waals surface area contributed by atoms with Crippen molar-refractivity contribution in [2.75, 3.05) is 18.4 Å². The normalized spacial score (nSPS) is 15.7. The second-order valence-corrected chi connectivity index (χ2v) is 6.83. The molecule has 2 aromatic rings. The number of amides is 4. The van der Waals surface area contributed by atoms with Crippen molar-refractivity contribution in [3.63, 3.8) is 0 Å². The molecule has 10 nitrogen and oxygen atoms in total. The first kappa shape index (κ1) is 20.8. The highest BCUT2D eigenvalue weighted by Gasteiger charge is 2.28. The predicted molar refractivity (Wildman–Crippen MR) is 108 cm³/mol. The predicted octanol–water partition coefficient (Wildman–Crippen LogP) is 2.30. The minimum absolute atomic E-state index is 0.0528. The quantitative estimate of drug-likeness (QED) is 0.524. The summed E-state index contributed by atoms with van der Waals surface area (Å²) >= 11 is 0. The second kappa shape index (κ2) is 9.50. The Bertz CT molecular complexity index is 950. The molecule has 30 heavy (non-hydrogen) atoms. The SMILES string of the molecule is O=C(NNC(=O)[C@H]1CCCN(C(=O)Nc2ccccc2)C1)c1cccc([N+](=O)[O-])c1. The fraction of sp³-hybridized carbons (Fsp3) is 0.250. The number of non-ortho nitro benzene ring substituents is 1. The molecule has 0 radical (unpaired) electrons. The zero-order chi connectivity index (χ0) is 21.5. The number of anilines is 1. The van der Waals surface area contributed by atoms with E-state index in [0.29, 0.717) is 25.1 Å². The minimum atomic E-state index is -0.665.